The van der Waals surface area contributed by atoms with Gasteiger partial charge in [-0.3, -0.25) is 4.79 Å². The van der Waals surface area contributed by atoms with Gasteiger partial charge in [-0.15, -0.1) is 11.3 Å². The molecule has 0 atom stereocenters. The Morgan fingerprint density at radius 1 is 1.44 bits per heavy atom. The molecule has 0 aliphatic carbocycles. The predicted octanol–water partition coefficient (Wildman–Crippen LogP) is 3.56. The number of carbonyl (C=O) groups is 1. The van der Waals surface area contributed by atoms with E-state index >= 15 is 0 Å². The smallest absolute Gasteiger partial charge is 0.264 e. The number of aryl methyl sites for hydroxylation is 1. The van der Waals surface area contributed by atoms with Gasteiger partial charge in [0.1, 0.15) is 0 Å². The Labute approximate surface area is 110 Å². The molecule has 0 N–H and O–H groups in total. The summed E-state index contributed by atoms with van der Waals surface area (Å²) < 4.78 is 0. The molecule has 4 heteroatoms. The second-order valence-corrected chi connectivity index (χ2v) is 5.32. The van der Waals surface area contributed by atoms with Crippen molar-refractivity contribution >= 4 is 33.2 Å². The third kappa shape index (κ3) is 3.32. The minimum Gasteiger partial charge on any atom is -0.337 e. The number of alkyl halides is 1. The van der Waals surface area contributed by atoms with Crippen LogP contribution < -0.4 is 0 Å². The molecular weight excluding hydrogens is 286 g/mol. The standard InChI is InChI=1S/C12H18BrNOS/c1-3-7-14(8-6-13)12(15)11-10(4-2)5-9-16-11/h5,9H,3-4,6-8H2,1-2H3. The summed E-state index contributed by atoms with van der Waals surface area (Å²) in [6.07, 6.45) is 1.93. The van der Waals surface area contributed by atoms with Gasteiger partial charge >= 0.3 is 0 Å². The summed E-state index contributed by atoms with van der Waals surface area (Å²) >= 11 is 4.95. The van der Waals surface area contributed by atoms with Crippen molar-refractivity contribution in [3.8, 4) is 0 Å². The third-order valence-corrected chi connectivity index (χ3v) is 3.76. The first kappa shape index (κ1) is 13.7. The van der Waals surface area contributed by atoms with E-state index in [0.29, 0.717) is 0 Å². The lowest BCUT2D eigenvalue weighted by Gasteiger charge is -2.20. The molecule has 0 aliphatic heterocycles. The van der Waals surface area contributed by atoms with E-state index in [0.717, 1.165) is 36.1 Å². The zero-order chi connectivity index (χ0) is 12.0. The van der Waals surface area contributed by atoms with E-state index in [1.807, 2.05) is 10.3 Å². The molecule has 1 heterocycles. The fourth-order valence-corrected chi connectivity index (χ4v) is 3.02. The Hall–Kier alpha value is -0.350. The first-order valence-corrected chi connectivity index (χ1v) is 7.66. The number of hydrogen-bond acceptors (Lipinski definition) is 2. The molecule has 1 rings (SSSR count). The summed E-state index contributed by atoms with van der Waals surface area (Å²) in [4.78, 5) is 15.1. The summed E-state index contributed by atoms with van der Waals surface area (Å²) in [5.74, 6) is 0.188. The Balaban J connectivity index is 2.81. The summed E-state index contributed by atoms with van der Waals surface area (Å²) in [6.45, 7) is 5.82. The van der Waals surface area contributed by atoms with Crippen LogP contribution in [0.15, 0.2) is 11.4 Å². The van der Waals surface area contributed by atoms with E-state index in [1.54, 1.807) is 11.3 Å². The highest BCUT2D eigenvalue weighted by Crippen LogP contribution is 2.19. The molecular formula is C12H18BrNOS. The maximum absolute atomic E-state index is 12.3. The molecule has 0 saturated carbocycles. The Morgan fingerprint density at radius 2 is 2.19 bits per heavy atom. The lowest BCUT2D eigenvalue weighted by atomic mass is 10.2. The fourth-order valence-electron chi connectivity index (χ4n) is 1.63. The van der Waals surface area contributed by atoms with E-state index in [-0.39, 0.29) is 5.91 Å². The molecule has 0 unspecified atom stereocenters. The molecule has 0 fully saturated rings. The summed E-state index contributed by atoms with van der Waals surface area (Å²) in [5, 5.41) is 2.84. The molecule has 0 radical (unpaired) electrons. The van der Waals surface area contributed by atoms with Gasteiger partial charge in [0, 0.05) is 18.4 Å². The van der Waals surface area contributed by atoms with Crippen LogP contribution in [0.1, 0.15) is 35.5 Å². The monoisotopic (exact) mass is 303 g/mol. The minimum absolute atomic E-state index is 0.188. The van der Waals surface area contributed by atoms with Gasteiger partial charge in [0.15, 0.2) is 0 Å². The van der Waals surface area contributed by atoms with Crippen LogP contribution in [0.3, 0.4) is 0 Å². The first-order valence-electron chi connectivity index (χ1n) is 5.66. The largest absolute Gasteiger partial charge is 0.337 e. The minimum atomic E-state index is 0.188. The van der Waals surface area contributed by atoms with Crippen LogP contribution in [-0.4, -0.2) is 29.2 Å². The van der Waals surface area contributed by atoms with Crippen molar-refractivity contribution in [1.29, 1.82) is 0 Å². The van der Waals surface area contributed by atoms with E-state index in [1.165, 1.54) is 5.56 Å². The van der Waals surface area contributed by atoms with Crippen LogP contribution in [0.5, 0.6) is 0 Å². The Kier molecular flexibility index (Phi) is 6.06. The van der Waals surface area contributed by atoms with E-state index in [9.17, 15) is 4.79 Å². The van der Waals surface area contributed by atoms with Gasteiger partial charge in [0.2, 0.25) is 0 Å². The lowest BCUT2D eigenvalue weighted by Crippen LogP contribution is -2.33. The Morgan fingerprint density at radius 3 is 2.75 bits per heavy atom. The zero-order valence-electron chi connectivity index (χ0n) is 9.83. The van der Waals surface area contributed by atoms with Crippen molar-refractivity contribution in [1.82, 2.24) is 4.90 Å². The number of rotatable bonds is 6. The van der Waals surface area contributed by atoms with Gasteiger partial charge in [0.25, 0.3) is 5.91 Å². The molecule has 1 aromatic rings. The van der Waals surface area contributed by atoms with Gasteiger partial charge in [-0.1, -0.05) is 29.8 Å². The molecule has 0 spiro atoms. The van der Waals surface area contributed by atoms with Crippen molar-refractivity contribution in [2.45, 2.75) is 26.7 Å². The second-order valence-electron chi connectivity index (χ2n) is 3.61. The molecule has 1 aromatic heterocycles. The van der Waals surface area contributed by atoms with E-state index in [2.05, 4.69) is 35.8 Å². The number of carbonyl (C=O) groups excluding carboxylic acids is 1. The average molecular weight is 304 g/mol. The summed E-state index contributed by atoms with van der Waals surface area (Å²) in [5.41, 5.74) is 1.17. The van der Waals surface area contributed by atoms with Crippen molar-refractivity contribution in [3.05, 3.63) is 21.9 Å². The van der Waals surface area contributed by atoms with Crippen LogP contribution in [0, 0.1) is 0 Å². The van der Waals surface area contributed by atoms with Crippen molar-refractivity contribution in [2.24, 2.45) is 0 Å². The van der Waals surface area contributed by atoms with Crippen LogP contribution in [0.25, 0.3) is 0 Å². The topological polar surface area (TPSA) is 20.3 Å². The number of nitrogens with zero attached hydrogens (tertiary/aromatic N) is 1. The number of hydrogen-bond donors (Lipinski definition) is 0. The maximum atomic E-state index is 12.3. The molecule has 0 bridgehead atoms. The lowest BCUT2D eigenvalue weighted by molar-refractivity contribution is 0.0770. The first-order chi connectivity index (χ1) is 7.74. The van der Waals surface area contributed by atoms with Crippen molar-refractivity contribution in [2.75, 3.05) is 18.4 Å². The fraction of sp³-hybridized carbons (Fsp3) is 0.583. The molecule has 2 nitrogen and oxygen atoms in total. The van der Waals surface area contributed by atoms with Crippen LogP contribution in [0.2, 0.25) is 0 Å². The van der Waals surface area contributed by atoms with E-state index in [4.69, 9.17) is 0 Å². The average Bonchev–Trinajstić information content (AvgIpc) is 2.75. The highest BCUT2D eigenvalue weighted by Gasteiger charge is 2.18. The van der Waals surface area contributed by atoms with Gasteiger partial charge in [-0.05, 0) is 29.9 Å². The van der Waals surface area contributed by atoms with Crippen LogP contribution >= 0.6 is 27.3 Å². The Bertz CT molecular complexity index is 332. The SMILES string of the molecule is CCCN(CCBr)C(=O)c1sccc1CC. The third-order valence-electron chi connectivity index (χ3n) is 2.46. The molecule has 16 heavy (non-hydrogen) atoms. The molecule has 0 aromatic carbocycles. The van der Waals surface area contributed by atoms with Gasteiger partial charge in [-0.2, -0.15) is 0 Å². The summed E-state index contributed by atoms with van der Waals surface area (Å²) in [7, 11) is 0. The van der Waals surface area contributed by atoms with Crippen molar-refractivity contribution in [3.63, 3.8) is 0 Å². The quantitative estimate of drug-likeness (QED) is 0.736. The van der Waals surface area contributed by atoms with Crippen LogP contribution in [0.4, 0.5) is 0 Å². The normalized spacial score (nSPS) is 10.4. The van der Waals surface area contributed by atoms with Gasteiger partial charge in [-0.25, -0.2) is 0 Å². The van der Waals surface area contributed by atoms with Crippen molar-refractivity contribution < 1.29 is 4.79 Å². The maximum Gasteiger partial charge on any atom is 0.264 e. The van der Waals surface area contributed by atoms with E-state index < -0.39 is 0 Å². The molecule has 90 valence electrons. The number of halogens is 1. The summed E-state index contributed by atoms with van der Waals surface area (Å²) in [6, 6.07) is 2.05. The van der Waals surface area contributed by atoms with Crippen LogP contribution in [-0.2, 0) is 6.42 Å². The molecule has 1 amide bonds. The second kappa shape index (κ2) is 7.07. The number of thiophene rings is 1. The predicted molar refractivity (Wildman–Crippen MR) is 73.7 cm³/mol. The highest BCUT2D eigenvalue weighted by molar-refractivity contribution is 9.09. The molecule has 0 aliphatic rings. The number of amides is 1. The highest BCUT2D eigenvalue weighted by atomic mass is 79.9. The molecule has 0 saturated heterocycles. The van der Waals surface area contributed by atoms with Gasteiger partial charge < -0.3 is 4.90 Å². The van der Waals surface area contributed by atoms with Gasteiger partial charge in [0.05, 0.1) is 4.88 Å². The zero-order valence-corrected chi connectivity index (χ0v) is 12.2.